The molecule has 12 nitrogen and oxygen atoms in total. The number of hydrogen-bond donors (Lipinski definition) is 0. The number of pyridine rings is 2. The van der Waals surface area contributed by atoms with Crippen LogP contribution in [-0.4, -0.2) is 80.4 Å². The molecule has 2 atom stereocenters. The number of aromatic nitrogens is 2. The Kier molecular flexibility index (Phi) is 12.7. The van der Waals surface area contributed by atoms with Crippen LogP contribution in [0.1, 0.15) is 113 Å². The lowest BCUT2D eigenvalue weighted by Crippen LogP contribution is -2.45. The maximum absolute atomic E-state index is 12.4. The van der Waals surface area contributed by atoms with Crippen LogP contribution in [0.15, 0.2) is 12.1 Å². The van der Waals surface area contributed by atoms with Gasteiger partial charge in [-0.3, -0.25) is 9.80 Å². The molecular formula is C34H46Cl2N4O8. The fourth-order valence-corrected chi connectivity index (χ4v) is 5.65. The van der Waals surface area contributed by atoms with Crippen molar-refractivity contribution in [3.63, 3.8) is 0 Å². The second kappa shape index (κ2) is 15.7. The summed E-state index contributed by atoms with van der Waals surface area (Å²) in [6.07, 6.45) is 0.313. The number of amides is 2. The van der Waals surface area contributed by atoms with Crippen LogP contribution in [0.3, 0.4) is 0 Å². The molecule has 0 saturated heterocycles. The molecule has 2 aromatic rings. The van der Waals surface area contributed by atoms with Crippen molar-refractivity contribution in [1.82, 2.24) is 19.8 Å². The van der Waals surface area contributed by atoms with Crippen LogP contribution in [0.2, 0.25) is 10.0 Å². The summed E-state index contributed by atoms with van der Waals surface area (Å²) in [5, 5.41) is 0.942. The van der Waals surface area contributed by atoms with Gasteiger partial charge in [0.15, 0.2) is 0 Å². The third-order valence-corrected chi connectivity index (χ3v) is 7.91. The van der Waals surface area contributed by atoms with E-state index < -0.39 is 35.3 Å². The van der Waals surface area contributed by atoms with Gasteiger partial charge in [-0.15, -0.1) is 0 Å². The van der Waals surface area contributed by atoms with Crippen LogP contribution in [-0.2, 0) is 44.9 Å². The van der Waals surface area contributed by atoms with Gasteiger partial charge in [-0.2, -0.15) is 0 Å². The lowest BCUT2D eigenvalue weighted by atomic mass is 9.98. The second-order valence-electron chi connectivity index (χ2n) is 13.6. The average Bonchev–Trinajstić information content (AvgIpc) is 2.96. The van der Waals surface area contributed by atoms with Crippen molar-refractivity contribution >= 4 is 47.3 Å². The summed E-state index contributed by atoms with van der Waals surface area (Å²) in [7, 11) is 0. The molecule has 0 radical (unpaired) electrons. The van der Waals surface area contributed by atoms with Crippen molar-refractivity contribution in [2.75, 3.05) is 13.2 Å². The first-order valence-electron chi connectivity index (χ1n) is 15.9. The van der Waals surface area contributed by atoms with E-state index in [2.05, 4.69) is 9.97 Å². The Hall–Kier alpha value is -3.64. The zero-order valence-electron chi connectivity index (χ0n) is 29.4. The number of fused-ring (bicyclic) bond motifs is 2. The number of carbonyl (C=O) groups excluding carboxylic acids is 4. The number of halogens is 2. The van der Waals surface area contributed by atoms with Crippen LogP contribution >= 0.6 is 23.2 Å². The highest BCUT2D eigenvalue weighted by atomic mass is 35.5. The van der Waals surface area contributed by atoms with Crippen LogP contribution in [0.5, 0.6) is 0 Å². The zero-order chi connectivity index (χ0) is 36.1. The highest BCUT2D eigenvalue weighted by molar-refractivity contribution is 6.32. The molecule has 2 amide bonds. The second-order valence-corrected chi connectivity index (χ2v) is 14.4. The SMILES string of the molecule is CCOC(=O)c1cc(Cl)c2c(n1)CN(C(=O)OC(C)(C)C)[C@@H](C)C2.CCOC(=O)c1cc(Cl)c2c(n1)CN(C(=O)OC(C)(C)C)[C@H](C)C2. The zero-order valence-corrected chi connectivity index (χ0v) is 30.9. The van der Waals surface area contributed by atoms with E-state index in [1.54, 1.807) is 23.6 Å². The predicted molar refractivity (Wildman–Crippen MR) is 180 cm³/mol. The number of nitrogens with zero attached hydrogens (tertiary/aromatic N) is 4. The topological polar surface area (TPSA) is 137 Å². The first kappa shape index (κ1) is 38.8. The third kappa shape index (κ3) is 10.2. The Balaban J connectivity index is 0.000000260. The number of carbonyl (C=O) groups is 4. The molecule has 4 rings (SSSR count). The molecule has 0 fully saturated rings. The molecule has 0 aliphatic carbocycles. The van der Waals surface area contributed by atoms with E-state index in [0.717, 1.165) is 11.1 Å². The summed E-state index contributed by atoms with van der Waals surface area (Å²) in [4.78, 5) is 60.5. The van der Waals surface area contributed by atoms with Crippen molar-refractivity contribution < 1.29 is 38.1 Å². The molecule has 48 heavy (non-hydrogen) atoms. The molecule has 2 aromatic heterocycles. The van der Waals surface area contributed by atoms with E-state index in [9.17, 15) is 19.2 Å². The van der Waals surface area contributed by atoms with Crippen molar-refractivity contribution in [2.45, 2.75) is 118 Å². The van der Waals surface area contributed by atoms with Gasteiger partial charge in [-0.1, -0.05) is 23.2 Å². The van der Waals surface area contributed by atoms with E-state index in [1.807, 2.05) is 55.4 Å². The molecule has 0 aromatic carbocycles. The van der Waals surface area contributed by atoms with Gasteiger partial charge in [0.05, 0.1) is 37.7 Å². The average molecular weight is 710 g/mol. The Bertz CT molecular complexity index is 1420. The molecule has 2 aliphatic rings. The molecule has 0 unspecified atom stereocenters. The maximum Gasteiger partial charge on any atom is 0.410 e. The van der Waals surface area contributed by atoms with Gasteiger partial charge in [0, 0.05) is 22.1 Å². The minimum atomic E-state index is -0.574. The minimum Gasteiger partial charge on any atom is -0.461 e. The highest BCUT2D eigenvalue weighted by Gasteiger charge is 2.34. The number of hydrogen-bond acceptors (Lipinski definition) is 10. The summed E-state index contributed by atoms with van der Waals surface area (Å²) in [5.41, 5.74) is 2.08. The standard InChI is InChI=1S/2C17H23ClN2O4/c2*1-6-23-15(21)13-8-12(18)11-7-10(2)20(9-14(11)19-13)16(22)24-17(3,4)5/h2*8,10H,6-7,9H2,1-5H3/t2*10-/m10/s1. The van der Waals surface area contributed by atoms with Gasteiger partial charge < -0.3 is 18.9 Å². The molecule has 0 saturated carbocycles. The van der Waals surface area contributed by atoms with E-state index in [-0.39, 0.29) is 49.8 Å². The number of rotatable bonds is 4. The van der Waals surface area contributed by atoms with Gasteiger partial charge in [0.1, 0.15) is 22.6 Å². The summed E-state index contributed by atoms with van der Waals surface area (Å²) in [5.74, 6) is -1.05. The van der Waals surface area contributed by atoms with E-state index in [4.69, 9.17) is 42.1 Å². The number of esters is 2. The smallest absolute Gasteiger partial charge is 0.410 e. The predicted octanol–water partition coefficient (Wildman–Crippen LogP) is 7.19. The summed E-state index contributed by atoms with van der Waals surface area (Å²) < 4.78 is 20.8. The molecular weight excluding hydrogens is 663 g/mol. The van der Waals surface area contributed by atoms with Gasteiger partial charge in [0.2, 0.25) is 0 Å². The summed E-state index contributed by atoms with van der Waals surface area (Å²) >= 11 is 12.6. The first-order valence-corrected chi connectivity index (χ1v) is 16.7. The van der Waals surface area contributed by atoms with Crippen molar-refractivity contribution in [3.8, 4) is 0 Å². The fraction of sp³-hybridized carbons (Fsp3) is 0.588. The van der Waals surface area contributed by atoms with Crippen molar-refractivity contribution in [1.29, 1.82) is 0 Å². The molecule has 0 N–H and O–H groups in total. The quantitative estimate of drug-likeness (QED) is 0.237. The Morgan fingerprint density at radius 3 is 1.33 bits per heavy atom. The monoisotopic (exact) mass is 708 g/mol. The number of ether oxygens (including phenoxy) is 4. The van der Waals surface area contributed by atoms with Gasteiger partial charge >= 0.3 is 24.1 Å². The molecule has 264 valence electrons. The van der Waals surface area contributed by atoms with E-state index in [0.29, 0.717) is 34.3 Å². The maximum atomic E-state index is 12.4. The summed E-state index contributed by atoms with van der Waals surface area (Å²) in [6, 6.07) is 2.91. The first-order chi connectivity index (χ1) is 22.2. The van der Waals surface area contributed by atoms with Gasteiger partial charge in [-0.25, -0.2) is 29.1 Å². The van der Waals surface area contributed by atoms with Gasteiger partial charge in [0.25, 0.3) is 0 Å². The van der Waals surface area contributed by atoms with Crippen molar-refractivity contribution in [2.24, 2.45) is 0 Å². The third-order valence-electron chi connectivity index (χ3n) is 7.24. The fourth-order valence-electron chi connectivity index (χ4n) is 5.07. The molecule has 0 spiro atoms. The molecule has 2 aliphatic heterocycles. The molecule has 4 heterocycles. The molecule has 0 bridgehead atoms. The Morgan fingerprint density at radius 1 is 0.708 bits per heavy atom. The lowest BCUT2D eigenvalue weighted by molar-refractivity contribution is 0.0123. The highest BCUT2D eigenvalue weighted by Crippen LogP contribution is 2.31. The van der Waals surface area contributed by atoms with Crippen LogP contribution in [0.4, 0.5) is 9.59 Å². The summed E-state index contributed by atoms with van der Waals surface area (Å²) in [6.45, 7) is 19.3. The van der Waals surface area contributed by atoms with E-state index >= 15 is 0 Å². The van der Waals surface area contributed by atoms with Crippen LogP contribution in [0.25, 0.3) is 0 Å². The largest absolute Gasteiger partial charge is 0.461 e. The normalized spacial score (nSPS) is 17.2. The van der Waals surface area contributed by atoms with Gasteiger partial charge in [-0.05, 0) is 105 Å². The Morgan fingerprint density at radius 2 is 1.04 bits per heavy atom. The Labute approximate surface area is 292 Å². The van der Waals surface area contributed by atoms with Crippen molar-refractivity contribution in [3.05, 3.63) is 56.1 Å². The molecule has 14 heteroatoms. The van der Waals surface area contributed by atoms with Crippen LogP contribution in [0, 0.1) is 0 Å². The van der Waals surface area contributed by atoms with E-state index in [1.165, 1.54) is 12.1 Å². The minimum absolute atomic E-state index is 0.0694. The van der Waals surface area contributed by atoms with Crippen LogP contribution < -0.4 is 0 Å². The lowest BCUT2D eigenvalue weighted by Gasteiger charge is -2.35.